The number of nitrogens with two attached hydrogens (primary N) is 1. The smallest absolute Gasteiger partial charge is 0.137 e. The van der Waals surface area contributed by atoms with Crippen molar-refractivity contribution in [3.8, 4) is 0 Å². The summed E-state index contributed by atoms with van der Waals surface area (Å²) in [6.45, 7) is 1.52. The van der Waals surface area contributed by atoms with Crippen molar-refractivity contribution in [3.63, 3.8) is 0 Å². The van der Waals surface area contributed by atoms with Crippen LogP contribution in [0.15, 0.2) is 22.7 Å². The maximum absolute atomic E-state index is 13.4. The van der Waals surface area contributed by atoms with Crippen LogP contribution in [0.3, 0.4) is 0 Å². The van der Waals surface area contributed by atoms with Gasteiger partial charge in [-0.05, 0) is 52.4 Å². The van der Waals surface area contributed by atoms with E-state index in [0.29, 0.717) is 10.4 Å². The highest BCUT2D eigenvalue weighted by Gasteiger charge is 2.22. The van der Waals surface area contributed by atoms with Gasteiger partial charge < -0.3 is 10.5 Å². The van der Waals surface area contributed by atoms with Crippen LogP contribution in [0.4, 0.5) is 4.39 Å². The number of rotatable bonds is 2. The first kappa shape index (κ1) is 12.0. The van der Waals surface area contributed by atoms with Gasteiger partial charge in [-0.2, -0.15) is 0 Å². The van der Waals surface area contributed by atoms with E-state index in [4.69, 9.17) is 10.5 Å². The number of hydrogen-bond donors (Lipinski definition) is 1. The minimum absolute atomic E-state index is 0.0912. The monoisotopic (exact) mass is 287 g/mol. The third-order valence-corrected chi connectivity index (χ3v) is 3.75. The molecule has 1 unspecified atom stereocenters. The predicted octanol–water partition coefficient (Wildman–Crippen LogP) is 3.01. The first-order chi connectivity index (χ1) is 7.68. The molecular formula is C12H15BrFNO. The Hall–Kier alpha value is -0.450. The summed E-state index contributed by atoms with van der Waals surface area (Å²) < 4.78 is 19.2. The molecule has 1 fully saturated rings. The molecule has 2 nitrogen and oxygen atoms in total. The molecule has 2 rings (SSSR count). The summed E-state index contributed by atoms with van der Waals surface area (Å²) in [6, 6.07) is 5.02. The number of halogens is 2. The molecule has 1 aromatic carbocycles. The second-order valence-corrected chi connectivity index (χ2v) is 5.00. The van der Waals surface area contributed by atoms with Gasteiger partial charge in [0.15, 0.2) is 0 Å². The lowest BCUT2D eigenvalue weighted by Crippen LogP contribution is -2.27. The second-order valence-electron chi connectivity index (χ2n) is 4.15. The van der Waals surface area contributed by atoms with Gasteiger partial charge in [0.25, 0.3) is 0 Å². The van der Waals surface area contributed by atoms with Gasteiger partial charge in [-0.3, -0.25) is 0 Å². The molecule has 0 radical (unpaired) electrons. The molecule has 1 aliphatic rings. The molecule has 1 saturated heterocycles. The number of ether oxygens (including phenoxy) is 1. The lowest BCUT2D eigenvalue weighted by Gasteiger charge is -2.27. The number of benzene rings is 1. The fourth-order valence-corrected chi connectivity index (χ4v) is 2.31. The van der Waals surface area contributed by atoms with Crippen LogP contribution in [0.1, 0.15) is 24.4 Å². The summed E-state index contributed by atoms with van der Waals surface area (Å²) in [4.78, 5) is 0. The van der Waals surface area contributed by atoms with Crippen LogP contribution < -0.4 is 5.73 Å². The molecule has 1 aliphatic heterocycles. The molecule has 16 heavy (non-hydrogen) atoms. The lowest BCUT2D eigenvalue weighted by atomic mass is 9.88. The Morgan fingerprint density at radius 1 is 1.38 bits per heavy atom. The van der Waals surface area contributed by atoms with Crippen LogP contribution in [0, 0.1) is 11.7 Å². The molecule has 1 atom stereocenters. The summed E-state index contributed by atoms with van der Waals surface area (Å²) in [5.74, 6) is 0.148. The highest BCUT2D eigenvalue weighted by atomic mass is 79.9. The Labute approximate surface area is 103 Å². The highest BCUT2D eigenvalue weighted by molar-refractivity contribution is 9.10. The van der Waals surface area contributed by atoms with E-state index < -0.39 is 0 Å². The Morgan fingerprint density at radius 3 is 2.69 bits per heavy atom. The predicted molar refractivity (Wildman–Crippen MR) is 64.6 cm³/mol. The Balaban J connectivity index is 2.12. The molecular weight excluding hydrogens is 273 g/mol. The van der Waals surface area contributed by atoms with Crippen molar-refractivity contribution in [2.75, 3.05) is 13.2 Å². The third-order valence-electron chi connectivity index (χ3n) is 3.10. The molecule has 0 amide bonds. The van der Waals surface area contributed by atoms with Crippen LogP contribution in [0.2, 0.25) is 0 Å². The first-order valence-corrected chi connectivity index (χ1v) is 6.26. The van der Waals surface area contributed by atoms with Crippen molar-refractivity contribution < 1.29 is 9.13 Å². The lowest BCUT2D eigenvalue weighted by molar-refractivity contribution is 0.0583. The second kappa shape index (κ2) is 5.25. The quantitative estimate of drug-likeness (QED) is 0.908. The minimum Gasteiger partial charge on any atom is -0.381 e. The minimum atomic E-state index is -0.250. The van der Waals surface area contributed by atoms with Gasteiger partial charge in [0.05, 0.1) is 4.47 Å². The Morgan fingerprint density at radius 2 is 2.06 bits per heavy atom. The summed E-state index contributed by atoms with van der Waals surface area (Å²) in [6.07, 6.45) is 1.91. The Bertz CT molecular complexity index is 366. The summed E-state index contributed by atoms with van der Waals surface area (Å²) >= 11 is 3.14. The molecule has 1 aromatic rings. The maximum Gasteiger partial charge on any atom is 0.137 e. The van der Waals surface area contributed by atoms with Crippen molar-refractivity contribution in [3.05, 3.63) is 34.1 Å². The van der Waals surface area contributed by atoms with E-state index in [1.54, 1.807) is 6.07 Å². The van der Waals surface area contributed by atoms with Gasteiger partial charge >= 0.3 is 0 Å². The van der Waals surface area contributed by atoms with Gasteiger partial charge in [0, 0.05) is 19.3 Å². The highest BCUT2D eigenvalue weighted by Crippen LogP contribution is 2.29. The topological polar surface area (TPSA) is 35.2 Å². The molecule has 88 valence electrons. The fourth-order valence-electron chi connectivity index (χ4n) is 2.07. The molecule has 4 heteroatoms. The fraction of sp³-hybridized carbons (Fsp3) is 0.500. The normalized spacial score (nSPS) is 19.7. The van der Waals surface area contributed by atoms with E-state index in [1.165, 1.54) is 6.07 Å². The number of hydrogen-bond acceptors (Lipinski definition) is 2. The summed E-state index contributed by atoms with van der Waals surface area (Å²) in [5.41, 5.74) is 7.02. The van der Waals surface area contributed by atoms with Gasteiger partial charge in [0.2, 0.25) is 0 Å². The molecule has 1 heterocycles. The third kappa shape index (κ3) is 2.62. The zero-order valence-corrected chi connectivity index (χ0v) is 10.5. The van der Waals surface area contributed by atoms with E-state index >= 15 is 0 Å². The molecule has 2 N–H and O–H groups in total. The van der Waals surface area contributed by atoms with Crippen LogP contribution in [0.25, 0.3) is 0 Å². The molecule has 0 aromatic heterocycles. The van der Waals surface area contributed by atoms with Crippen LogP contribution in [0.5, 0.6) is 0 Å². The molecule has 0 aliphatic carbocycles. The zero-order chi connectivity index (χ0) is 11.5. The van der Waals surface area contributed by atoms with Gasteiger partial charge in [-0.15, -0.1) is 0 Å². The maximum atomic E-state index is 13.4. The zero-order valence-electron chi connectivity index (χ0n) is 8.96. The van der Waals surface area contributed by atoms with Gasteiger partial charge in [-0.25, -0.2) is 4.39 Å². The van der Waals surface area contributed by atoms with Crippen LogP contribution in [-0.4, -0.2) is 13.2 Å². The Kier molecular flexibility index (Phi) is 3.95. The van der Waals surface area contributed by atoms with E-state index in [0.717, 1.165) is 31.6 Å². The van der Waals surface area contributed by atoms with E-state index in [-0.39, 0.29) is 11.9 Å². The van der Waals surface area contributed by atoms with E-state index in [9.17, 15) is 4.39 Å². The van der Waals surface area contributed by atoms with Crippen molar-refractivity contribution >= 4 is 15.9 Å². The summed E-state index contributed by atoms with van der Waals surface area (Å²) in [5, 5.41) is 0. The largest absolute Gasteiger partial charge is 0.381 e. The first-order valence-electron chi connectivity index (χ1n) is 5.47. The van der Waals surface area contributed by atoms with Crippen molar-refractivity contribution in [1.82, 2.24) is 0 Å². The van der Waals surface area contributed by atoms with Crippen LogP contribution in [-0.2, 0) is 4.74 Å². The average Bonchev–Trinajstić information content (AvgIpc) is 2.33. The standard InChI is InChI=1S/C12H15BrFNO/c13-10-2-1-9(7-11(10)14)12(15)8-3-5-16-6-4-8/h1-2,7-8,12H,3-6,15H2. The average molecular weight is 288 g/mol. The van der Waals surface area contributed by atoms with Gasteiger partial charge in [-0.1, -0.05) is 6.07 Å². The van der Waals surface area contributed by atoms with Crippen molar-refractivity contribution in [1.29, 1.82) is 0 Å². The summed E-state index contributed by atoms with van der Waals surface area (Å²) in [7, 11) is 0. The molecule has 0 bridgehead atoms. The SMILES string of the molecule is NC(c1ccc(Br)c(F)c1)C1CCOCC1. The van der Waals surface area contributed by atoms with Crippen molar-refractivity contribution in [2.24, 2.45) is 11.7 Å². The molecule has 0 saturated carbocycles. The van der Waals surface area contributed by atoms with E-state index in [1.807, 2.05) is 6.07 Å². The molecule has 0 spiro atoms. The van der Waals surface area contributed by atoms with Crippen molar-refractivity contribution in [2.45, 2.75) is 18.9 Å². The van der Waals surface area contributed by atoms with E-state index in [2.05, 4.69) is 15.9 Å². The van der Waals surface area contributed by atoms with Gasteiger partial charge in [0.1, 0.15) is 5.82 Å². The van der Waals surface area contributed by atoms with Crippen LogP contribution >= 0.6 is 15.9 Å².